The Kier molecular flexibility index (Phi) is 3.98. The Hall–Kier alpha value is -2.02. The first-order valence-corrected chi connectivity index (χ1v) is 9.01. The summed E-state index contributed by atoms with van der Waals surface area (Å²) in [6.45, 7) is 10.1. The van der Waals surface area contributed by atoms with Crippen molar-refractivity contribution in [3.05, 3.63) is 17.5 Å². The predicted octanol–water partition coefficient (Wildman–Crippen LogP) is 1.55. The molecule has 1 saturated heterocycles. The zero-order valence-corrected chi connectivity index (χ0v) is 15.2. The number of piperazine rings is 1. The molecule has 4 rings (SSSR count). The summed E-state index contributed by atoms with van der Waals surface area (Å²) in [6.07, 6.45) is 2.57. The van der Waals surface area contributed by atoms with Gasteiger partial charge in [0.1, 0.15) is 12.2 Å². The second-order valence-corrected chi connectivity index (χ2v) is 7.91. The van der Waals surface area contributed by atoms with Crippen LogP contribution in [0.3, 0.4) is 0 Å². The maximum Gasteiger partial charge on any atom is 0.410 e. The summed E-state index contributed by atoms with van der Waals surface area (Å²) in [5.74, 6) is 0.877. The molecule has 1 aromatic rings. The Bertz CT molecular complexity index is 686. The molecule has 3 aliphatic rings. The lowest BCUT2D eigenvalue weighted by molar-refractivity contribution is 0.0194. The quantitative estimate of drug-likeness (QED) is 0.769. The van der Waals surface area contributed by atoms with E-state index in [0.29, 0.717) is 19.7 Å². The van der Waals surface area contributed by atoms with Gasteiger partial charge in [-0.15, -0.1) is 0 Å². The largest absolute Gasteiger partial charge is 0.488 e. The average Bonchev–Trinajstić information content (AvgIpc) is 2.59. The van der Waals surface area contributed by atoms with Crippen molar-refractivity contribution in [1.29, 1.82) is 0 Å². The molecule has 1 atom stereocenters. The average molecular weight is 346 g/mol. The van der Waals surface area contributed by atoms with E-state index in [1.165, 1.54) is 11.3 Å². The summed E-state index contributed by atoms with van der Waals surface area (Å²) < 4.78 is 11.5. The molecule has 7 nitrogen and oxygen atoms in total. The van der Waals surface area contributed by atoms with Gasteiger partial charge >= 0.3 is 6.09 Å². The van der Waals surface area contributed by atoms with Crippen LogP contribution in [0.4, 0.5) is 10.5 Å². The van der Waals surface area contributed by atoms with Crippen molar-refractivity contribution in [1.82, 2.24) is 15.2 Å². The number of pyridine rings is 1. The van der Waals surface area contributed by atoms with E-state index < -0.39 is 5.60 Å². The van der Waals surface area contributed by atoms with Crippen LogP contribution in [0.1, 0.15) is 32.0 Å². The Morgan fingerprint density at radius 3 is 3.04 bits per heavy atom. The van der Waals surface area contributed by atoms with Crippen molar-refractivity contribution in [2.45, 2.75) is 45.4 Å². The number of carbonyl (C=O) groups is 1. The molecule has 7 heteroatoms. The number of hydrogen-bond donors (Lipinski definition) is 1. The van der Waals surface area contributed by atoms with Gasteiger partial charge in [-0.05, 0) is 33.7 Å². The number of aromatic nitrogens is 1. The molecule has 0 saturated carbocycles. The Morgan fingerprint density at radius 1 is 1.40 bits per heavy atom. The number of rotatable bonds is 0. The Balaban J connectivity index is 1.55. The van der Waals surface area contributed by atoms with Gasteiger partial charge in [0.25, 0.3) is 0 Å². The molecule has 25 heavy (non-hydrogen) atoms. The molecule has 4 heterocycles. The van der Waals surface area contributed by atoms with E-state index in [1.54, 1.807) is 4.90 Å². The van der Waals surface area contributed by atoms with Gasteiger partial charge in [0, 0.05) is 31.7 Å². The standard InChI is InChI=1S/C18H26N4O3/c1-18(2,3)25-17(23)21-6-7-22-12(10-21)11-24-15-9-20-14-8-19-5-4-13(14)16(15)22/h9,12,19H,4-8,10-11H2,1-3H3/t12-/m1/s1. The van der Waals surface area contributed by atoms with Gasteiger partial charge in [-0.25, -0.2) is 4.79 Å². The van der Waals surface area contributed by atoms with Crippen LogP contribution in [0.5, 0.6) is 5.75 Å². The molecule has 1 aromatic heterocycles. The van der Waals surface area contributed by atoms with Crippen molar-refractivity contribution >= 4 is 11.8 Å². The summed E-state index contributed by atoms with van der Waals surface area (Å²) >= 11 is 0. The maximum atomic E-state index is 12.4. The highest BCUT2D eigenvalue weighted by molar-refractivity contribution is 5.71. The number of ether oxygens (including phenoxy) is 2. The van der Waals surface area contributed by atoms with E-state index in [1.807, 2.05) is 27.0 Å². The highest BCUT2D eigenvalue weighted by Gasteiger charge is 2.38. The molecule has 0 unspecified atom stereocenters. The minimum absolute atomic E-state index is 0.162. The second-order valence-electron chi connectivity index (χ2n) is 7.91. The zero-order valence-electron chi connectivity index (χ0n) is 15.2. The van der Waals surface area contributed by atoms with Crippen LogP contribution in [0, 0.1) is 0 Å². The minimum atomic E-state index is -0.471. The molecule has 3 aliphatic heterocycles. The molecule has 1 N–H and O–H groups in total. The molecule has 1 amide bonds. The normalized spacial score (nSPS) is 22.4. The number of amides is 1. The fraction of sp³-hybridized carbons (Fsp3) is 0.667. The fourth-order valence-corrected chi connectivity index (χ4v) is 3.79. The minimum Gasteiger partial charge on any atom is -0.488 e. The van der Waals surface area contributed by atoms with Crippen molar-refractivity contribution < 1.29 is 14.3 Å². The van der Waals surface area contributed by atoms with Crippen molar-refractivity contribution in [3.63, 3.8) is 0 Å². The van der Waals surface area contributed by atoms with Crippen LogP contribution < -0.4 is 15.0 Å². The zero-order chi connectivity index (χ0) is 17.6. The van der Waals surface area contributed by atoms with Crippen LogP contribution in [0.15, 0.2) is 6.20 Å². The molecule has 0 aliphatic carbocycles. The van der Waals surface area contributed by atoms with Gasteiger partial charge in [0.2, 0.25) is 0 Å². The van der Waals surface area contributed by atoms with E-state index in [9.17, 15) is 4.79 Å². The lowest BCUT2D eigenvalue weighted by Crippen LogP contribution is -2.59. The van der Waals surface area contributed by atoms with E-state index in [0.717, 1.165) is 37.5 Å². The van der Waals surface area contributed by atoms with Crippen molar-refractivity contribution in [3.8, 4) is 5.75 Å². The summed E-state index contributed by atoms with van der Waals surface area (Å²) in [7, 11) is 0. The van der Waals surface area contributed by atoms with Crippen molar-refractivity contribution in [2.24, 2.45) is 0 Å². The number of anilines is 1. The Morgan fingerprint density at radius 2 is 2.24 bits per heavy atom. The first kappa shape index (κ1) is 16.4. The van der Waals surface area contributed by atoms with E-state index in [4.69, 9.17) is 9.47 Å². The van der Waals surface area contributed by atoms with Crippen LogP contribution in [-0.2, 0) is 17.7 Å². The van der Waals surface area contributed by atoms with E-state index in [2.05, 4.69) is 15.2 Å². The number of nitrogens with zero attached hydrogens (tertiary/aromatic N) is 3. The third kappa shape index (κ3) is 3.13. The number of hydrogen-bond acceptors (Lipinski definition) is 6. The fourth-order valence-electron chi connectivity index (χ4n) is 3.79. The summed E-state index contributed by atoms with van der Waals surface area (Å²) in [4.78, 5) is 21.2. The van der Waals surface area contributed by atoms with Gasteiger partial charge < -0.3 is 24.6 Å². The number of carbonyl (C=O) groups excluding carboxylic acids is 1. The Labute approximate surface area is 148 Å². The highest BCUT2D eigenvalue weighted by atomic mass is 16.6. The molecule has 1 fully saturated rings. The van der Waals surface area contributed by atoms with E-state index >= 15 is 0 Å². The molecule has 0 aromatic carbocycles. The molecule has 0 bridgehead atoms. The van der Waals surface area contributed by atoms with Crippen LogP contribution in [0.25, 0.3) is 0 Å². The van der Waals surface area contributed by atoms with Crippen LogP contribution in [0.2, 0.25) is 0 Å². The molecular formula is C18H26N4O3. The van der Waals surface area contributed by atoms with Crippen LogP contribution >= 0.6 is 0 Å². The number of fused-ring (bicyclic) bond motifs is 5. The van der Waals surface area contributed by atoms with Gasteiger partial charge in [0.15, 0.2) is 5.75 Å². The van der Waals surface area contributed by atoms with Crippen molar-refractivity contribution in [2.75, 3.05) is 37.7 Å². The second kappa shape index (κ2) is 6.05. The molecular weight excluding hydrogens is 320 g/mol. The van der Waals surface area contributed by atoms with E-state index in [-0.39, 0.29) is 12.1 Å². The topological polar surface area (TPSA) is 66.9 Å². The lowest BCUT2D eigenvalue weighted by Gasteiger charge is -2.46. The monoisotopic (exact) mass is 346 g/mol. The van der Waals surface area contributed by atoms with Gasteiger partial charge in [-0.2, -0.15) is 0 Å². The summed E-state index contributed by atoms with van der Waals surface area (Å²) in [5, 5.41) is 3.37. The number of nitrogens with one attached hydrogen (secondary N) is 1. The highest BCUT2D eigenvalue weighted by Crippen LogP contribution is 2.40. The maximum absolute atomic E-state index is 12.4. The van der Waals surface area contributed by atoms with Crippen LogP contribution in [-0.4, -0.2) is 60.4 Å². The lowest BCUT2D eigenvalue weighted by atomic mass is 9.99. The third-order valence-electron chi connectivity index (χ3n) is 4.90. The summed E-state index contributed by atoms with van der Waals surface area (Å²) in [5.41, 5.74) is 3.13. The first-order valence-electron chi connectivity index (χ1n) is 9.01. The smallest absolute Gasteiger partial charge is 0.410 e. The third-order valence-corrected chi connectivity index (χ3v) is 4.90. The molecule has 0 spiro atoms. The molecule has 0 radical (unpaired) electrons. The SMILES string of the molecule is CC(C)(C)OC(=O)N1CCN2c3c(cnc4c3CCNC4)OC[C@H]2C1. The van der Waals surface area contributed by atoms with Gasteiger partial charge in [0.05, 0.1) is 23.6 Å². The van der Waals surface area contributed by atoms with Gasteiger partial charge in [-0.1, -0.05) is 0 Å². The first-order chi connectivity index (χ1) is 11.9. The summed E-state index contributed by atoms with van der Waals surface area (Å²) in [6, 6.07) is 0.162. The predicted molar refractivity (Wildman–Crippen MR) is 94.1 cm³/mol. The molecule has 136 valence electrons. The van der Waals surface area contributed by atoms with Gasteiger partial charge in [-0.3, -0.25) is 4.98 Å².